The van der Waals surface area contributed by atoms with Gasteiger partial charge in [-0.1, -0.05) is 0 Å². The van der Waals surface area contributed by atoms with E-state index < -0.39 is 0 Å². The van der Waals surface area contributed by atoms with E-state index in [1.807, 2.05) is 32.0 Å². The summed E-state index contributed by atoms with van der Waals surface area (Å²) in [4.78, 5) is 4.54. The number of ether oxygens (including phenoxy) is 2. The van der Waals surface area contributed by atoms with Crippen molar-refractivity contribution in [3.05, 3.63) is 28.2 Å². The molecule has 0 aliphatic carbocycles. The molecule has 0 bridgehead atoms. The zero-order valence-electron chi connectivity index (χ0n) is 9.58. The minimum Gasteiger partial charge on any atom is -0.497 e. The maximum Gasteiger partial charge on any atom is 0.218 e. The van der Waals surface area contributed by atoms with Gasteiger partial charge in [0.15, 0.2) is 0 Å². The largest absolute Gasteiger partial charge is 0.497 e. The predicted octanol–water partition coefficient (Wildman–Crippen LogP) is 3.01. The van der Waals surface area contributed by atoms with Crippen molar-refractivity contribution in [3.63, 3.8) is 0 Å². The lowest BCUT2D eigenvalue weighted by Crippen LogP contribution is -2.17. The first-order valence-corrected chi connectivity index (χ1v) is 5.88. The van der Waals surface area contributed by atoms with Gasteiger partial charge in [0.1, 0.15) is 12.4 Å². The Hall–Kier alpha value is -1.03. The molecule has 0 saturated carbocycles. The molecule has 1 aromatic rings. The predicted molar refractivity (Wildman–Crippen MR) is 67.3 cm³/mol. The summed E-state index contributed by atoms with van der Waals surface area (Å²) in [6, 6.07) is 5.75. The zero-order valence-corrected chi connectivity index (χ0v) is 11.2. The van der Waals surface area contributed by atoms with E-state index in [2.05, 4.69) is 20.9 Å². The summed E-state index contributed by atoms with van der Waals surface area (Å²) in [7, 11) is 1.65. The third kappa shape index (κ3) is 2.21. The van der Waals surface area contributed by atoms with Gasteiger partial charge in [0, 0.05) is 4.47 Å². The monoisotopic (exact) mass is 283 g/mol. The van der Waals surface area contributed by atoms with Crippen LogP contribution in [0.4, 0.5) is 0 Å². The van der Waals surface area contributed by atoms with Crippen LogP contribution in [0.5, 0.6) is 5.75 Å². The van der Waals surface area contributed by atoms with Crippen LogP contribution >= 0.6 is 15.9 Å². The van der Waals surface area contributed by atoms with Crippen LogP contribution in [0.25, 0.3) is 0 Å². The molecule has 0 aromatic heterocycles. The van der Waals surface area contributed by atoms with E-state index in [-0.39, 0.29) is 5.54 Å². The average Bonchev–Trinajstić information content (AvgIpc) is 2.59. The molecule has 0 spiro atoms. The second kappa shape index (κ2) is 4.09. The minimum absolute atomic E-state index is 0.141. The fourth-order valence-corrected chi connectivity index (χ4v) is 1.93. The van der Waals surface area contributed by atoms with Crippen molar-refractivity contribution in [2.45, 2.75) is 19.4 Å². The Bertz CT molecular complexity index is 441. The molecule has 0 fully saturated rings. The van der Waals surface area contributed by atoms with Crippen LogP contribution < -0.4 is 4.74 Å². The van der Waals surface area contributed by atoms with E-state index in [0.717, 1.165) is 15.8 Å². The number of nitrogens with zero attached hydrogens (tertiary/aromatic N) is 1. The van der Waals surface area contributed by atoms with Crippen LogP contribution in [0, 0.1) is 0 Å². The van der Waals surface area contributed by atoms with Gasteiger partial charge in [-0.3, -0.25) is 0 Å². The smallest absolute Gasteiger partial charge is 0.218 e. The molecule has 1 aromatic carbocycles. The van der Waals surface area contributed by atoms with Gasteiger partial charge in [-0.25, -0.2) is 4.99 Å². The van der Waals surface area contributed by atoms with Gasteiger partial charge < -0.3 is 9.47 Å². The van der Waals surface area contributed by atoms with Crippen molar-refractivity contribution in [1.29, 1.82) is 0 Å². The van der Waals surface area contributed by atoms with Gasteiger partial charge in [-0.05, 0) is 48.0 Å². The summed E-state index contributed by atoms with van der Waals surface area (Å²) in [6.45, 7) is 4.72. The van der Waals surface area contributed by atoms with Crippen molar-refractivity contribution in [2.75, 3.05) is 13.7 Å². The quantitative estimate of drug-likeness (QED) is 0.835. The third-order valence-corrected chi connectivity index (χ3v) is 3.06. The fourth-order valence-electron chi connectivity index (χ4n) is 1.52. The molecule has 1 heterocycles. The number of methoxy groups -OCH3 is 1. The standard InChI is InChI=1S/C12H14BrNO2/c1-12(2)7-16-11(14-12)9-6-8(15-3)4-5-10(9)13/h4-6H,7H2,1-3H3. The summed E-state index contributed by atoms with van der Waals surface area (Å²) >= 11 is 3.49. The van der Waals surface area contributed by atoms with Crippen LogP contribution in [-0.2, 0) is 4.74 Å². The van der Waals surface area contributed by atoms with Crippen LogP contribution in [0.3, 0.4) is 0 Å². The number of hydrogen-bond donors (Lipinski definition) is 0. The van der Waals surface area contributed by atoms with E-state index in [9.17, 15) is 0 Å². The highest BCUT2D eigenvalue weighted by atomic mass is 79.9. The normalized spacial score (nSPS) is 17.9. The lowest BCUT2D eigenvalue weighted by Gasteiger charge is -2.07. The zero-order chi connectivity index (χ0) is 11.8. The molecular weight excluding hydrogens is 270 g/mol. The molecule has 0 radical (unpaired) electrons. The van der Waals surface area contributed by atoms with Gasteiger partial charge in [-0.15, -0.1) is 0 Å². The van der Waals surface area contributed by atoms with Crippen molar-refractivity contribution in [1.82, 2.24) is 0 Å². The average molecular weight is 284 g/mol. The minimum atomic E-state index is -0.141. The summed E-state index contributed by atoms with van der Waals surface area (Å²) < 4.78 is 11.8. The van der Waals surface area contributed by atoms with E-state index in [1.54, 1.807) is 7.11 Å². The maximum atomic E-state index is 5.60. The Balaban J connectivity index is 2.41. The van der Waals surface area contributed by atoms with Gasteiger partial charge >= 0.3 is 0 Å². The van der Waals surface area contributed by atoms with Crippen LogP contribution in [0.15, 0.2) is 27.7 Å². The van der Waals surface area contributed by atoms with Crippen molar-refractivity contribution in [2.24, 2.45) is 4.99 Å². The molecule has 16 heavy (non-hydrogen) atoms. The van der Waals surface area contributed by atoms with E-state index >= 15 is 0 Å². The Morgan fingerprint density at radius 1 is 1.44 bits per heavy atom. The highest BCUT2D eigenvalue weighted by Crippen LogP contribution is 2.28. The first-order valence-electron chi connectivity index (χ1n) is 5.08. The molecule has 2 rings (SSSR count). The summed E-state index contributed by atoms with van der Waals surface area (Å²) in [5.74, 6) is 1.48. The first-order chi connectivity index (χ1) is 7.52. The molecule has 0 atom stereocenters. The van der Waals surface area contributed by atoms with Crippen molar-refractivity contribution < 1.29 is 9.47 Å². The van der Waals surface area contributed by atoms with Gasteiger partial charge in [-0.2, -0.15) is 0 Å². The lowest BCUT2D eigenvalue weighted by atomic mass is 10.1. The molecule has 0 N–H and O–H groups in total. The second-order valence-electron chi connectivity index (χ2n) is 4.36. The third-order valence-electron chi connectivity index (χ3n) is 2.37. The van der Waals surface area contributed by atoms with Gasteiger partial charge in [0.05, 0.1) is 18.2 Å². The van der Waals surface area contributed by atoms with E-state index in [1.165, 1.54) is 0 Å². The highest BCUT2D eigenvalue weighted by molar-refractivity contribution is 9.10. The Kier molecular flexibility index (Phi) is 2.93. The molecule has 86 valence electrons. The summed E-state index contributed by atoms with van der Waals surface area (Å²) in [6.07, 6.45) is 0. The molecular formula is C12H14BrNO2. The molecule has 0 saturated heterocycles. The number of hydrogen-bond acceptors (Lipinski definition) is 3. The molecule has 4 heteroatoms. The van der Waals surface area contributed by atoms with Crippen LogP contribution in [0.2, 0.25) is 0 Å². The Labute approximate surface area is 104 Å². The van der Waals surface area contributed by atoms with Crippen molar-refractivity contribution >= 4 is 21.8 Å². The molecule has 1 aliphatic rings. The number of benzene rings is 1. The Morgan fingerprint density at radius 2 is 2.19 bits per heavy atom. The second-order valence-corrected chi connectivity index (χ2v) is 5.22. The Morgan fingerprint density at radius 3 is 2.75 bits per heavy atom. The van der Waals surface area contributed by atoms with Crippen LogP contribution in [-0.4, -0.2) is 25.2 Å². The maximum absolute atomic E-state index is 5.60. The van der Waals surface area contributed by atoms with E-state index in [0.29, 0.717) is 12.5 Å². The van der Waals surface area contributed by atoms with Crippen molar-refractivity contribution in [3.8, 4) is 5.75 Å². The molecule has 3 nitrogen and oxygen atoms in total. The van der Waals surface area contributed by atoms with Gasteiger partial charge in [0.2, 0.25) is 5.90 Å². The number of halogens is 1. The highest BCUT2D eigenvalue weighted by Gasteiger charge is 2.28. The molecule has 0 amide bonds. The SMILES string of the molecule is COc1ccc(Br)c(C2=NC(C)(C)CO2)c1. The fraction of sp³-hybridized carbons (Fsp3) is 0.417. The molecule has 1 aliphatic heterocycles. The van der Waals surface area contributed by atoms with E-state index in [4.69, 9.17) is 9.47 Å². The lowest BCUT2D eigenvalue weighted by molar-refractivity contribution is 0.279. The topological polar surface area (TPSA) is 30.8 Å². The van der Waals surface area contributed by atoms with Gasteiger partial charge in [0.25, 0.3) is 0 Å². The first kappa shape index (κ1) is 11.5. The summed E-state index contributed by atoms with van der Waals surface area (Å²) in [5.41, 5.74) is 0.794. The number of rotatable bonds is 2. The number of aliphatic imine (C=N–C) groups is 1. The van der Waals surface area contributed by atoms with Crippen LogP contribution in [0.1, 0.15) is 19.4 Å². The summed E-state index contributed by atoms with van der Waals surface area (Å²) in [5, 5.41) is 0. The molecule has 0 unspecified atom stereocenters.